The molecule has 0 saturated heterocycles. The van der Waals surface area contributed by atoms with Crippen molar-refractivity contribution in [2.45, 2.75) is 31.3 Å². The molecule has 206 valence electrons. The number of sulfonamides is 1. The summed E-state index contributed by atoms with van der Waals surface area (Å²) in [5, 5.41) is 0.229. The molecule has 3 aromatic carbocycles. The molecule has 0 bridgehead atoms. The van der Waals surface area contributed by atoms with Crippen molar-refractivity contribution in [3.8, 4) is 0 Å². The van der Waals surface area contributed by atoms with Gasteiger partial charge in [-0.3, -0.25) is 4.31 Å². The van der Waals surface area contributed by atoms with E-state index >= 15 is 0 Å². The van der Waals surface area contributed by atoms with Gasteiger partial charge in [0.2, 0.25) is 0 Å². The van der Waals surface area contributed by atoms with Gasteiger partial charge in [0.05, 0.1) is 33.5 Å². The summed E-state index contributed by atoms with van der Waals surface area (Å²) in [5.41, 5.74) is 1.21. The van der Waals surface area contributed by atoms with Gasteiger partial charge in [0.1, 0.15) is 5.82 Å². The number of benzene rings is 3. The van der Waals surface area contributed by atoms with Gasteiger partial charge in [-0.15, -0.1) is 0 Å². The first-order chi connectivity index (χ1) is 18.3. The molecule has 4 nitrogen and oxygen atoms in total. The van der Waals surface area contributed by atoms with Gasteiger partial charge in [0, 0.05) is 18.0 Å². The number of halogens is 5. The van der Waals surface area contributed by atoms with Crippen molar-refractivity contribution in [2.75, 3.05) is 17.5 Å². The van der Waals surface area contributed by atoms with Crippen LogP contribution in [0.25, 0.3) is 11.6 Å². The SMILES string of the molecule is C=C(OCC)C1Cc2ccc(/C=C(\C)c3c(F)cccc3Cl)cc2N(S(=O)(=O)c2cccc(C(F)(F)F)c2)C1. The molecule has 1 heterocycles. The minimum atomic E-state index is -4.71. The fourth-order valence-corrected chi connectivity index (χ4v) is 6.51. The second kappa shape index (κ2) is 11.1. The predicted octanol–water partition coefficient (Wildman–Crippen LogP) is 7.98. The summed E-state index contributed by atoms with van der Waals surface area (Å²) in [4.78, 5) is -0.485. The molecule has 0 aliphatic carbocycles. The Kier molecular flexibility index (Phi) is 8.14. The molecule has 0 radical (unpaired) electrons. The lowest BCUT2D eigenvalue weighted by Crippen LogP contribution is -2.41. The monoisotopic (exact) mass is 579 g/mol. The average Bonchev–Trinajstić information content (AvgIpc) is 2.87. The standard InChI is InChI=1S/C29H26ClF4NO3S/c1-4-38-19(3)22-15-21-12-11-20(13-18(2)28-25(30)9-6-10-26(28)31)14-27(21)35(17-22)39(36,37)24-8-5-7-23(16-24)29(32,33)34/h5-14,16,22H,3-4,15,17H2,1-2H3/b18-13+. The van der Waals surface area contributed by atoms with Gasteiger partial charge in [0.15, 0.2) is 0 Å². The Balaban J connectivity index is 1.83. The van der Waals surface area contributed by atoms with Crippen LogP contribution in [0, 0.1) is 11.7 Å². The zero-order chi connectivity index (χ0) is 28.5. The van der Waals surface area contributed by atoms with Gasteiger partial charge < -0.3 is 4.74 Å². The number of rotatable bonds is 7. The third kappa shape index (κ3) is 5.99. The fraction of sp³-hybridized carbons (Fsp3) is 0.241. The number of nitrogens with zero attached hydrogens (tertiary/aromatic N) is 1. The van der Waals surface area contributed by atoms with Gasteiger partial charge in [-0.1, -0.05) is 48.5 Å². The minimum Gasteiger partial charge on any atom is -0.498 e. The van der Waals surface area contributed by atoms with E-state index in [2.05, 4.69) is 6.58 Å². The molecule has 1 aliphatic heterocycles. The molecule has 0 saturated carbocycles. The van der Waals surface area contributed by atoms with E-state index in [-0.39, 0.29) is 17.1 Å². The van der Waals surface area contributed by atoms with Gasteiger partial charge in [-0.2, -0.15) is 13.2 Å². The Labute approximate surface area is 230 Å². The molecule has 0 fully saturated rings. The summed E-state index contributed by atoms with van der Waals surface area (Å²) >= 11 is 6.20. The number of hydrogen-bond donors (Lipinski definition) is 0. The second-order valence-corrected chi connectivity index (χ2v) is 11.4. The van der Waals surface area contributed by atoms with E-state index in [1.54, 1.807) is 44.2 Å². The summed E-state index contributed by atoms with van der Waals surface area (Å²) in [6.45, 7) is 7.66. The molecule has 4 rings (SSSR count). The lowest BCUT2D eigenvalue weighted by molar-refractivity contribution is -0.137. The first-order valence-electron chi connectivity index (χ1n) is 12.1. The van der Waals surface area contributed by atoms with E-state index < -0.39 is 38.4 Å². The van der Waals surface area contributed by atoms with Crippen molar-refractivity contribution in [3.63, 3.8) is 0 Å². The molecule has 1 unspecified atom stereocenters. The van der Waals surface area contributed by atoms with Crippen LogP contribution in [0.2, 0.25) is 5.02 Å². The van der Waals surface area contributed by atoms with Crippen LogP contribution >= 0.6 is 11.6 Å². The number of fused-ring (bicyclic) bond motifs is 1. The lowest BCUT2D eigenvalue weighted by atomic mass is 9.91. The summed E-state index contributed by atoms with van der Waals surface area (Å²) in [7, 11) is -4.42. The van der Waals surface area contributed by atoms with E-state index in [0.717, 1.165) is 22.5 Å². The van der Waals surface area contributed by atoms with Crippen molar-refractivity contribution < 1.29 is 30.7 Å². The maximum absolute atomic E-state index is 14.5. The van der Waals surface area contributed by atoms with Gasteiger partial charge in [0.25, 0.3) is 10.0 Å². The molecule has 39 heavy (non-hydrogen) atoms. The molecular weight excluding hydrogens is 554 g/mol. The summed E-state index contributed by atoms with van der Waals surface area (Å²) in [6, 6.07) is 13.1. The Morgan fingerprint density at radius 2 is 1.87 bits per heavy atom. The van der Waals surface area contributed by atoms with Gasteiger partial charge in [-0.05, 0) is 73.4 Å². The highest BCUT2D eigenvalue weighted by Crippen LogP contribution is 2.39. The maximum Gasteiger partial charge on any atom is 0.416 e. The third-order valence-electron chi connectivity index (χ3n) is 6.51. The third-order valence-corrected chi connectivity index (χ3v) is 8.60. The second-order valence-electron chi connectivity index (χ2n) is 9.17. The van der Waals surface area contributed by atoms with E-state index in [1.165, 1.54) is 12.1 Å². The van der Waals surface area contributed by atoms with Crippen molar-refractivity contribution in [3.05, 3.63) is 106 Å². The Morgan fingerprint density at radius 3 is 2.54 bits per heavy atom. The van der Waals surface area contributed by atoms with Crippen LogP contribution in [-0.4, -0.2) is 21.6 Å². The fourth-order valence-electron chi connectivity index (χ4n) is 4.61. The summed E-state index contributed by atoms with van der Waals surface area (Å²) < 4.78 is 88.9. The molecule has 1 aliphatic rings. The average molecular weight is 580 g/mol. The molecule has 0 spiro atoms. The molecular formula is C29H26ClF4NO3S. The van der Waals surface area contributed by atoms with Crippen molar-refractivity contribution >= 4 is 39.0 Å². The van der Waals surface area contributed by atoms with Crippen LogP contribution < -0.4 is 4.31 Å². The first kappa shape index (κ1) is 28.7. The maximum atomic E-state index is 14.5. The summed E-state index contributed by atoms with van der Waals surface area (Å²) in [5.74, 6) is -0.528. The molecule has 0 aromatic heterocycles. The van der Waals surface area contributed by atoms with Crippen LogP contribution in [0.3, 0.4) is 0 Å². The summed E-state index contributed by atoms with van der Waals surface area (Å²) in [6.07, 6.45) is -2.61. The highest BCUT2D eigenvalue weighted by Gasteiger charge is 2.37. The van der Waals surface area contributed by atoms with Crippen LogP contribution in [0.1, 0.15) is 36.1 Å². The van der Waals surface area contributed by atoms with Crippen molar-refractivity contribution in [1.29, 1.82) is 0 Å². The Hall–Kier alpha value is -3.30. The van der Waals surface area contributed by atoms with Crippen molar-refractivity contribution in [1.82, 2.24) is 0 Å². The highest BCUT2D eigenvalue weighted by atomic mass is 35.5. The molecule has 1 atom stereocenters. The van der Waals surface area contributed by atoms with E-state index in [1.807, 2.05) is 0 Å². The zero-order valence-electron chi connectivity index (χ0n) is 21.2. The molecule has 0 N–H and O–H groups in total. The predicted molar refractivity (Wildman–Crippen MR) is 145 cm³/mol. The number of anilines is 1. The Morgan fingerprint density at radius 1 is 1.15 bits per heavy atom. The number of allylic oxidation sites excluding steroid dienone is 1. The lowest BCUT2D eigenvalue weighted by Gasteiger charge is -2.36. The van der Waals surface area contributed by atoms with Crippen LogP contribution in [-0.2, 0) is 27.4 Å². The van der Waals surface area contributed by atoms with Crippen molar-refractivity contribution in [2.24, 2.45) is 5.92 Å². The molecule has 0 amide bonds. The highest BCUT2D eigenvalue weighted by molar-refractivity contribution is 7.92. The quantitative estimate of drug-likeness (QED) is 0.162. The van der Waals surface area contributed by atoms with E-state index in [9.17, 15) is 26.0 Å². The van der Waals surface area contributed by atoms with Gasteiger partial charge >= 0.3 is 6.18 Å². The smallest absolute Gasteiger partial charge is 0.416 e. The zero-order valence-corrected chi connectivity index (χ0v) is 22.8. The molecule has 10 heteroatoms. The molecule has 3 aromatic rings. The first-order valence-corrected chi connectivity index (χ1v) is 13.9. The van der Waals surface area contributed by atoms with Crippen LogP contribution in [0.15, 0.2) is 77.9 Å². The largest absolute Gasteiger partial charge is 0.498 e. The normalized spacial score (nSPS) is 16.1. The Bertz CT molecular complexity index is 1530. The van der Waals surface area contributed by atoms with Crippen LogP contribution in [0.5, 0.6) is 0 Å². The topological polar surface area (TPSA) is 46.6 Å². The van der Waals surface area contributed by atoms with Gasteiger partial charge in [-0.25, -0.2) is 12.8 Å². The van der Waals surface area contributed by atoms with Crippen LogP contribution in [0.4, 0.5) is 23.2 Å². The van der Waals surface area contributed by atoms with E-state index in [0.29, 0.717) is 47.2 Å². The number of alkyl halides is 3. The number of ether oxygens (including phenoxy) is 1. The minimum absolute atomic E-state index is 0.0737. The number of hydrogen-bond acceptors (Lipinski definition) is 3. The van der Waals surface area contributed by atoms with E-state index in [4.69, 9.17) is 16.3 Å².